The van der Waals surface area contributed by atoms with Crippen LogP contribution in [0.2, 0.25) is 0 Å². The molecule has 1 amide bonds. The van der Waals surface area contributed by atoms with E-state index in [1.807, 2.05) is 0 Å². The van der Waals surface area contributed by atoms with E-state index in [0.717, 1.165) is 26.0 Å². The van der Waals surface area contributed by atoms with Gasteiger partial charge in [-0.2, -0.15) is 17.5 Å². The number of sulfonamides is 1. The number of hydrogen-bond donors (Lipinski definition) is 2. The Labute approximate surface area is 148 Å². The van der Waals surface area contributed by atoms with Gasteiger partial charge in [-0.25, -0.2) is 8.42 Å². The molecule has 146 valence electrons. The molecule has 2 N–H and O–H groups in total. The number of aryl methyl sites for hydroxylation is 1. The van der Waals surface area contributed by atoms with Gasteiger partial charge in [-0.15, -0.1) is 0 Å². The first-order valence-electron chi connectivity index (χ1n) is 7.45. The van der Waals surface area contributed by atoms with Crippen molar-refractivity contribution in [1.82, 2.24) is 9.62 Å². The Morgan fingerprint density at radius 3 is 2.31 bits per heavy atom. The summed E-state index contributed by atoms with van der Waals surface area (Å²) in [5.74, 6) is -1.87. The number of halogens is 3. The zero-order valence-corrected chi connectivity index (χ0v) is 15.1. The molecule has 0 saturated carbocycles. The molecule has 1 aromatic rings. The molecule has 0 aliphatic heterocycles. The van der Waals surface area contributed by atoms with Gasteiger partial charge in [0, 0.05) is 20.0 Å². The summed E-state index contributed by atoms with van der Waals surface area (Å²) in [6.07, 6.45) is -4.63. The van der Waals surface area contributed by atoms with E-state index in [9.17, 15) is 31.2 Å². The predicted octanol–water partition coefficient (Wildman–Crippen LogP) is 1.61. The molecular weight excluding hydrogens is 377 g/mol. The summed E-state index contributed by atoms with van der Waals surface area (Å²) in [6.45, 7) is 2.95. The van der Waals surface area contributed by atoms with Crippen LogP contribution in [0.4, 0.5) is 13.2 Å². The van der Waals surface area contributed by atoms with E-state index in [1.165, 1.54) is 6.92 Å². The number of carboxylic acid groups (broad SMARTS) is 1. The molecule has 0 heterocycles. The van der Waals surface area contributed by atoms with Crippen LogP contribution in [-0.2, 0) is 25.8 Å². The van der Waals surface area contributed by atoms with Gasteiger partial charge in [0.15, 0.2) is 0 Å². The molecule has 1 aromatic carbocycles. The number of nitrogens with zero attached hydrogens (tertiary/aromatic N) is 1. The van der Waals surface area contributed by atoms with Crippen LogP contribution < -0.4 is 5.32 Å². The Morgan fingerprint density at radius 2 is 1.88 bits per heavy atom. The smallest absolute Gasteiger partial charge is 0.416 e. The molecule has 0 saturated heterocycles. The van der Waals surface area contributed by atoms with Crippen LogP contribution in [0.5, 0.6) is 0 Å². The first-order chi connectivity index (χ1) is 11.8. The zero-order chi connectivity index (χ0) is 20.3. The van der Waals surface area contributed by atoms with Gasteiger partial charge < -0.3 is 10.4 Å². The van der Waals surface area contributed by atoms with E-state index < -0.39 is 44.6 Å². The number of carbonyl (C=O) groups is 2. The average molecular weight is 396 g/mol. The molecule has 0 fully saturated rings. The van der Waals surface area contributed by atoms with Crippen LogP contribution in [0.3, 0.4) is 0 Å². The van der Waals surface area contributed by atoms with E-state index in [1.54, 1.807) is 0 Å². The minimum absolute atomic E-state index is 0.147. The number of nitrogens with one attached hydrogen (secondary N) is 1. The van der Waals surface area contributed by atoms with Crippen molar-refractivity contribution in [3.63, 3.8) is 0 Å². The largest absolute Gasteiger partial charge is 0.480 e. The highest BCUT2D eigenvalue weighted by Crippen LogP contribution is 2.33. The number of benzene rings is 1. The Morgan fingerprint density at radius 1 is 1.31 bits per heavy atom. The third-order valence-corrected chi connectivity index (χ3v) is 5.57. The second-order valence-electron chi connectivity index (χ2n) is 5.59. The van der Waals surface area contributed by atoms with Gasteiger partial charge in [0.2, 0.25) is 15.9 Å². The van der Waals surface area contributed by atoms with Crippen molar-refractivity contribution in [2.24, 2.45) is 0 Å². The molecule has 0 bridgehead atoms. The number of carboxylic acids is 1. The Balaban J connectivity index is 3.29. The second-order valence-corrected chi connectivity index (χ2v) is 7.48. The molecule has 0 radical (unpaired) electrons. The highest BCUT2D eigenvalue weighted by Gasteiger charge is 2.36. The topological polar surface area (TPSA) is 104 Å². The minimum atomic E-state index is -4.63. The summed E-state index contributed by atoms with van der Waals surface area (Å²) in [5.41, 5.74) is -1.28. The van der Waals surface area contributed by atoms with Gasteiger partial charge in [0.25, 0.3) is 0 Å². The minimum Gasteiger partial charge on any atom is -0.480 e. The summed E-state index contributed by atoms with van der Waals surface area (Å²) in [6, 6.07) is 0.791. The highest BCUT2D eigenvalue weighted by molar-refractivity contribution is 7.89. The fourth-order valence-corrected chi connectivity index (χ4v) is 3.91. The number of carbonyl (C=O) groups excluding carboxylic acids is 1. The monoisotopic (exact) mass is 396 g/mol. The zero-order valence-electron chi connectivity index (χ0n) is 14.3. The SMILES string of the molecule is CC(=O)NCCN(C(C)C(=O)O)S(=O)(=O)c1ccc(C(F)(F)F)c(C)c1. The molecule has 0 aromatic heterocycles. The fourth-order valence-electron chi connectivity index (χ4n) is 2.24. The van der Waals surface area contributed by atoms with Crippen molar-refractivity contribution >= 4 is 21.9 Å². The Hall–Kier alpha value is -2.14. The third kappa shape index (κ3) is 5.18. The number of amides is 1. The van der Waals surface area contributed by atoms with Crippen LogP contribution in [0.1, 0.15) is 25.0 Å². The molecule has 1 atom stereocenters. The van der Waals surface area contributed by atoms with Crippen molar-refractivity contribution in [3.05, 3.63) is 29.3 Å². The molecule has 11 heteroatoms. The second kappa shape index (κ2) is 8.04. The van der Waals surface area contributed by atoms with Crippen molar-refractivity contribution in [2.45, 2.75) is 37.9 Å². The van der Waals surface area contributed by atoms with Crippen molar-refractivity contribution in [1.29, 1.82) is 0 Å². The van der Waals surface area contributed by atoms with Crippen molar-refractivity contribution in [2.75, 3.05) is 13.1 Å². The standard InChI is InChI=1S/C15H19F3N2O5S/c1-9-8-12(4-5-13(9)15(16,17)18)26(24,25)20(10(2)14(22)23)7-6-19-11(3)21/h4-5,8,10H,6-7H2,1-3H3,(H,19,21)(H,22,23). The lowest BCUT2D eigenvalue weighted by molar-refractivity contribution is -0.141. The van der Waals surface area contributed by atoms with Crippen LogP contribution in [0.15, 0.2) is 23.1 Å². The van der Waals surface area contributed by atoms with Crippen molar-refractivity contribution < 1.29 is 36.3 Å². The first kappa shape index (κ1) is 21.9. The van der Waals surface area contributed by atoms with Gasteiger partial charge in [0.05, 0.1) is 10.5 Å². The number of alkyl halides is 3. The van der Waals surface area contributed by atoms with E-state index in [0.29, 0.717) is 10.4 Å². The molecule has 1 rings (SSSR count). The number of hydrogen-bond acceptors (Lipinski definition) is 4. The van der Waals surface area contributed by atoms with E-state index in [2.05, 4.69) is 5.32 Å². The maximum Gasteiger partial charge on any atom is 0.416 e. The van der Waals surface area contributed by atoms with Crippen LogP contribution >= 0.6 is 0 Å². The highest BCUT2D eigenvalue weighted by atomic mass is 32.2. The van der Waals surface area contributed by atoms with E-state index in [-0.39, 0.29) is 18.7 Å². The molecule has 26 heavy (non-hydrogen) atoms. The molecule has 0 aliphatic rings. The predicted molar refractivity (Wildman–Crippen MR) is 85.9 cm³/mol. The summed E-state index contributed by atoms with van der Waals surface area (Å²) < 4.78 is 64.6. The lowest BCUT2D eigenvalue weighted by Crippen LogP contribution is -2.46. The normalized spacial score (nSPS) is 13.5. The summed E-state index contributed by atoms with van der Waals surface area (Å²) in [7, 11) is -4.39. The fraction of sp³-hybridized carbons (Fsp3) is 0.467. The van der Waals surface area contributed by atoms with Crippen LogP contribution in [0.25, 0.3) is 0 Å². The lowest BCUT2D eigenvalue weighted by atomic mass is 10.1. The van der Waals surface area contributed by atoms with Gasteiger partial charge in [-0.05, 0) is 37.6 Å². The maximum absolute atomic E-state index is 12.8. The van der Waals surface area contributed by atoms with E-state index in [4.69, 9.17) is 5.11 Å². The Bertz CT molecular complexity index is 793. The number of aliphatic carboxylic acids is 1. The summed E-state index contributed by atoms with van der Waals surface area (Å²) >= 11 is 0. The molecule has 7 nitrogen and oxygen atoms in total. The summed E-state index contributed by atoms with van der Waals surface area (Å²) in [4.78, 5) is 21.7. The van der Waals surface area contributed by atoms with Crippen LogP contribution in [0, 0.1) is 6.92 Å². The van der Waals surface area contributed by atoms with Gasteiger partial charge in [-0.1, -0.05) is 0 Å². The molecule has 0 spiro atoms. The molecule has 0 aliphatic carbocycles. The van der Waals surface area contributed by atoms with Gasteiger partial charge >= 0.3 is 12.1 Å². The lowest BCUT2D eigenvalue weighted by Gasteiger charge is -2.26. The maximum atomic E-state index is 12.8. The summed E-state index contributed by atoms with van der Waals surface area (Å²) in [5, 5.41) is 11.5. The van der Waals surface area contributed by atoms with Crippen LogP contribution in [-0.4, -0.2) is 48.8 Å². The van der Waals surface area contributed by atoms with Gasteiger partial charge in [-0.3, -0.25) is 9.59 Å². The van der Waals surface area contributed by atoms with Crippen molar-refractivity contribution in [3.8, 4) is 0 Å². The third-order valence-electron chi connectivity index (χ3n) is 3.61. The first-order valence-corrected chi connectivity index (χ1v) is 8.89. The quantitative estimate of drug-likeness (QED) is 0.729. The molecular formula is C15H19F3N2O5S. The van der Waals surface area contributed by atoms with Gasteiger partial charge in [0.1, 0.15) is 6.04 Å². The number of rotatable bonds is 7. The molecule has 1 unspecified atom stereocenters. The Kier molecular flexibility index (Phi) is 6.77. The average Bonchev–Trinajstić information content (AvgIpc) is 2.48. The van der Waals surface area contributed by atoms with E-state index >= 15 is 0 Å².